The highest BCUT2D eigenvalue weighted by molar-refractivity contribution is 6.06. The first kappa shape index (κ1) is 20.7. The van der Waals surface area contributed by atoms with Gasteiger partial charge in [0.05, 0.1) is 22.5 Å². The van der Waals surface area contributed by atoms with Crippen LogP contribution in [-0.4, -0.2) is 62.6 Å². The molecule has 0 aliphatic carbocycles. The Bertz CT molecular complexity index is 867. The number of esters is 1. The Morgan fingerprint density at radius 3 is 2.43 bits per heavy atom. The number of aliphatic hydroxyl groups excluding tert-OH is 1. The average Bonchev–Trinajstić information content (AvgIpc) is 2.80. The van der Waals surface area contributed by atoms with E-state index in [0.717, 1.165) is 17.0 Å². The number of aliphatic hydroxyl groups is 1. The van der Waals surface area contributed by atoms with E-state index in [9.17, 15) is 39.7 Å². The quantitative estimate of drug-likeness (QED) is 0.284. The lowest BCUT2D eigenvalue weighted by atomic mass is 10.1. The number of ether oxygens (including phenoxy) is 1. The van der Waals surface area contributed by atoms with Crippen LogP contribution in [0.5, 0.6) is 0 Å². The SMILES string of the molecule is CC1(C)NC(=O)N(CC(O)COC(=O)c2ccc([N+](=O)[O-])cc2[N+](=O)[O-])C1=O. The maximum Gasteiger partial charge on any atom is 0.345 e. The summed E-state index contributed by atoms with van der Waals surface area (Å²) in [4.78, 5) is 56.5. The highest BCUT2D eigenvalue weighted by Crippen LogP contribution is 2.25. The van der Waals surface area contributed by atoms with Crippen LogP contribution in [0.1, 0.15) is 24.2 Å². The van der Waals surface area contributed by atoms with Crippen molar-refractivity contribution in [2.45, 2.75) is 25.5 Å². The summed E-state index contributed by atoms with van der Waals surface area (Å²) in [6, 6.07) is 1.66. The summed E-state index contributed by atoms with van der Waals surface area (Å²) < 4.78 is 4.78. The fourth-order valence-corrected chi connectivity index (χ4v) is 2.45. The van der Waals surface area contributed by atoms with Gasteiger partial charge in [-0.2, -0.15) is 0 Å². The molecule has 1 aliphatic heterocycles. The second kappa shape index (κ2) is 7.56. The Morgan fingerprint density at radius 1 is 1.29 bits per heavy atom. The number of benzene rings is 1. The van der Waals surface area contributed by atoms with Crippen molar-refractivity contribution in [3.63, 3.8) is 0 Å². The Kier molecular flexibility index (Phi) is 5.59. The number of β-amino-alcohol motifs (C(OH)–C–C–N with tert-alkyl or cyclic N) is 1. The van der Waals surface area contributed by atoms with Crippen molar-refractivity contribution in [3.05, 3.63) is 44.0 Å². The number of nitro groups is 2. The molecule has 28 heavy (non-hydrogen) atoms. The number of non-ortho nitro benzene ring substituents is 1. The molecule has 1 fully saturated rings. The number of nitro benzene ring substituents is 2. The van der Waals surface area contributed by atoms with Crippen molar-refractivity contribution in [3.8, 4) is 0 Å². The molecule has 150 valence electrons. The molecule has 1 atom stereocenters. The van der Waals surface area contributed by atoms with E-state index in [1.807, 2.05) is 0 Å². The number of hydrogen-bond donors (Lipinski definition) is 2. The summed E-state index contributed by atoms with van der Waals surface area (Å²) in [5, 5.41) is 34.1. The van der Waals surface area contributed by atoms with Gasteiger partial charge in [0, 0.05) is 6.07 Å². The maximum atomic E-state index is 12.1. The Labute approximate surface area is 157 Å². The minimum absolute atomic E-state index is 0.455. The molecule has 1 aromatic carbocycles. The van der Waals surface area contributed by atoms with Crippen LogP contribution in [0.3, 0.4) is 0 Å². The number of carbonyl (C=O) groups excluding carboxylic acids is 3. The number of amides is 3. The molecular formula is C15H16N4O9. The number of carbonyl (C=O) groups is 3. The topological polar surface area (TPSA) is 182 Å². The lowest BCUT2D eigenvalue weighted by molar-refractivity contribution is -0.394. The molecule has 1 aliphatic rings. The molecule has 13 heteroatoms. The molecule has 0 spiro atoms. The minimum atomic E-state index is -1.44. The zero-order valence-electron chi connectivity index (χ0n) is 14.8. The summed E-state index contributed by atoms with van der Waals surface area (Å²) in [6.45, 7) is 1.84. The highest BCUT2D eigenvalue weighted by atomic mass is 16.6. The largest absolute Gasteiger partial charge is 0.459 e. The minimum Gasteiger partial charge on any atom is -0.459 e. The number of urea groups is 1. The van der Waals surface area contributed by atoms with Gasteiger partial charge in [0.15, 0.2) is 0 Å². The Hall–Kier alpha value is -3.61. The summed E-state index contributed by atoms with van der Waals surface area (Å²) in [5.41, 5.74) is -3.08. The van der Waals surface area contributed by atoms with Crippen LogP contribution in [0.25, 0.3) is 0 Å². The van der Waals surface area contributed by atoms with E-state index in [0.29, 0.717) is 6.07 Å². The molecule has 1 unspecified atom stereocenters. The number of imide groups is 1. The molecule has 1 saturated heterocycles. The summed E-state index contributed by atoms with van der Waals surface area (Å²) >= 11 is 0. The van der Waals surface area contributed by atoms with Gasteiger partial charge < -0.3 is 15.2 Å². The first-order chi connectivity index (χ1) is 12.9. The third-order valence-corrected chi connectivity index (χ3v) is 3.85. The van der Waals surface area contributed by atoms with Crippen LogP contribution in [0.15, 0.2) is 18.2 Å². The molecule has 0 aromatic heterocycles. The molecule has 0 saturated carbocycles. The van der Waals surface area contributed by atoms with Crippen LogP contribution in [0, 0.1) is 20.2 Å². The maximum absolute atomic E-state index is 12.1. The summed E-state index contributed by atoms with van der Waals surface area (Å²) in [5.74, 6) is -1.77. The van der Waals surface area contributed by atoms with E-state index in [1.54, 1.807) is 0 Å². The van der Waals surface area contributed by atoms with Crippen molar-refractivity contribution in [2.24, 2.45) is 0 Å². The van der Waals surface area contributed by atoms with E-state index in [4.69, 9.17) is 4.74 Å². The van der Waals surface area contributed by atoms with E-state index < -0.39 is 69.5 Å². The number of rotatable bonds is 7. The predicted molar refractivity (Wildman–Crippen MR) is 90.4 cm³/mol. The summed E-state index contributed by atoms with van der Waals surface area (Å²) in [7, 11) is 0. The van der Waals surface area contributed by atoms with E-state index in [1.165, 1.54) is 13.8 Å². The lowest BCUT2D eigenvalue weighted by Crippen LogP contribution is -2.42. The van der Waals surface area contributed by atoms with Crippen LogP contribution in [0.4, 0.5) is 16.2 Å². The second-order valence-corrected chi connectivity index (χ2v) is 6.44. The normalized spacial score (nSPS) is 16.5. The Balaban J connectivity index is 2.04. The van der Waals surface area contributed by atoms with Gasteiger partial charge in [-0.3, -0.25) is 29.9 Å². The number of nitrogens with zero attached hydrogens (tertiary/aromatic N) is 3. The van der Waals surface area contributed by atoms with Gasteiger partial charge >= 0.3 is 12.0 Å². The first-order valence-corrected chi connectivity index (χ1v) is 7.86. The predicted octanol–water partition coefficient (Wildman–Crippen LogP) is 0.351. The van der Waals surface area contributed by atoms with E-state index in [2.05, 4.69) is 5.32 Å². The molecule has 0 radical (unpaired) electrons. The Morgan fingerprint density at radius 2 is 1.93 bits per heavy atom. The van der Waals surface area contributed by atoms with Gasteiger partial charge in [-0.05, 0) is 19.9 Å². The third-order valence-electron chi connectivity index (χ3n) is 3.85. The fraction of sp³-hybridized carbons (Fsp3) is 0.400. The lowest BCUT2D eigenvalue weighted by Gasteiger charge is -2.19. The van der Waals surface area contributed by atoms with Gasteiger partial charge in [0.25, 0.3) is 17.3 Å². The smallest absolute Gasteiger partial charge is 0.345 e. The number of nitrogens with one attached hydrogen (secondary N) is 1. The standard InChI is InChI=1S/C15H16N4O9/c1-15(2)13(22)17(14(23)16-15)6-9(20)7-28-12(21)10-4-3-8(18(24)25)5-11(10)19(26)27/h3-5,9,20H,6-7H2,1-2H3,(H,16,23). The zero-order valence-corrected chi connectivity index (χ0v) is 14.8. The molecule has 1 heterocycles. The molecule has 13 nitrogen and oxygen atoms in total. The van der Waals surface area contributed by atoms with Crippen LogP contribution in [0.2, 0.25) is 0 Å². The van der Waals surface area contributed by atoms with Gasteiger partial charge in [-0.15, -0.1) is 0 Å². The van der Waals surface area contributed by atoms with Crippen molar-refractivity contribution in [1.29, 1.82) is 0 Å². The van der Waals surface area contributed by atoms with Gasteiger partial charge in [0.1, 0.15) is 23.8 Å². The van der Waals surface area contributed by atoms with Crippen molar-refractivity contribution < 1.29 is 34.1 Å². The summed E-state index contributed by atoms with van der Waals surface area (Å²) in [6.07, 6.45) is -1.44. The first-order valence-electron chi connectivity index (χ1n) is 7.86. The van der Waals surface area contributed by atoms with Crippen LogP contribution in [-0.2, 0) is 9.53 Å². The molecular weight excluding hydrogens is 380 g/mol. The van der Waals surface area contributed by atoms with Gasteiger partial charge in [-0.1, -0.05) is 0 Å². The van der Waals surface area contributed by atoms with E-state index >= 15 is 0 Å². The van der Waals surface area contributed by atoms with Crippen LogP contribution >= 0.6 is 0 Å². The number of hydrogen-bond acceptors (Lipinski definition) is 9. The van der Waals surface area contributed by atoms with Gasteiger partial charge in [-0.25, -0.2) is 9.59 Å². The zero-order chi connectivity index (χ0) is 21.2. The fourth-order valence-electron chi connectivity index (χ4n) is 2.45. The molecule has 1 aromatic rings. The molecule has 2 rings (SSSR count). The highest BCUT2D eigenvalue weighted by Gasteiger charge is 2.44. The second-order valence-electron chi connectivity index (χ2n) is 6.44. The van der Waals surface area contributed by atoms with Gasteiger partial charge in [0.2, 0.25) is 0 Å². The van der Waals surface area contributed by atoms with Crippen molar-refractivity contribution >= 4 is 29.3 Å². The van der Waals surface area contributed by atoms with Crippen molar-refractivity contribution in [2.75, 3.05) is 13.2 Å². The molecule has 2 N–H and O–H groups in total. The van der Waals surface area contributed by atoms with Crippen molar-refractivity contribution in [1.82, 2.24) is 10.2 Å². The molecule has 3 amide bonds. The molecule has 0 bridgehead atoms. The monoisotopic (exact) mass is 396 g/mol. The van der Waals surface area contributed by atoms with E-state index in [-0.39, 0.29) is 0 Å². The third kappa shape index (κ3) is 4.20. The average molecular weight is 396 g/mol. The van der Waals surface area contributed by atoms with Crippen LogP contribution < -0.4 is 5.32 Å².